The molecule has 0 saturated carbocycles. The molecule has 0 aromatic rings. The summed E-state index contributed by atoms with van der Waals surface area (Å²) >= 11 is 0. The number of carbonyl (C=O) groups excluding carboxylic acids is 1. The molecule has 1 aliphatic heterocycles. The van der Waals surface area contributed by atoms with Crippen LogP contribution >= 0.6 is 0 Å². The van der Waals surface area contributed by atoms with E-state index in [4.69, 9.17) is 5.11 Å². The Morgan fingerprint density at radius 3 is 2.35 bits per heavy atom. The summed E-state index contributed by atoms with van der Waals surface area (Å²) in [6.07, 6.45) is -5.08. The van der Waals surface area contributed by atoms with Crippen LogP contribution in [0, 0.1) is 0 Å². The normalized spacial score (nSPS) is 23.6. The second-order valence-corrected chi connectivity index (χ2v) is 6.01. The molecule has 0 aliphatic carbocycles. The molecule has 1 atom stereocenters. The van der Waals surface area contributed by atoms with Gasteiger partial charge >= 0.3 is 12.1 Å². The van der Waals surface area contributed by atoms with Crippen molar-refractivity contribution < 1.29 is 31.5 Å². The third-order valence-electron chi connectivity index (χ3n) is 2.49. The summed E-state index contributed by atoms with van der Waals surface area (Å²) in [7, 11) is -3.38. The van der Waals surface area contributed by atoms with Crippen LogP contribution in [0.3, 0.4) is 0 Å². The quantitative estimate of drug-likeness (QED) is 0.757. The van der Waals surface area contributed by atoms with Gasteiger partial charge in [0.15, 0.2) is 9.84 Å². The number of aliphatic hydroxyl groups excluding tert-OH is 1. The first-order chi connectivity index (χ1) is 7.67. The summed E-state index contributed by atoms with van der Waals surface area (Å²) in [6, 6.07) is -0.999. The minimum absolute atomic E-state index is 0.0237. The molecular weight excluding hydrogens is 263 g/mol. The molecule has 1 aliphatic rings. The minimum Gasteiger partial charge on any atom is -0.395 e. The van der Waals surface area contributed by atoms with Gasteiger partial charge in [-0.2, -0.15) is 13.2 Å². The van der Waals surface area contributed by atoms with E-state index in [0.29, 0.717) is 4.90 Å². The Labute approximate surface area is 96.1 Å². The van der Waals surface area contributed by atoms with E-state index in [-0.39, 0.29) is 12.2 Å². The summed E-state index contributed by atoms with van der Waals surface area (Å²) in [5, 5.41) is 8.63. The third-order valence-corrected chi connectivity index (χ3v) is 4.24. The second kappa shape index (κ2) is 4.81. The van der Waals surface area contributed by atoms with E-state index in [9.17, 15) is 26.4 Å². The molecular formula is C8H12F3NO4S. The van der Waals surface area contributed by atoms with Crippen LogP contribution in [0.25, 0.3) is 0 Å². The minimum atomic E-state index is -5.05. The predicted molar refractivity (Wildman–Crippen MR) is 51.9 cm³/mol. The van der Waals surface area contributed by atoms with Gasteiger partial charge in [-0.1, -0.05) is 0 Å². The zero-order valence-corrected chi connectivity index (χ0v) is 9.59. The van der Waals surface area contributed by atoms with Gasteiger partial charge in [-0.25, -0.2) is 8.42 Å². The number of sulfone groups is 1. The number of alkyl halides is 3. The van der Waals surface area contributed by atoms with Crippen molar-refractivity contribution in [3.63, 3.8) is 0 Å². The van der Waals surface area contributed by atoms with E-state index in [1.54, 1.807) is 0 Å². The van der Waals surface area contributed by atoms with Gasteiger partial charge in [0.1, 0.15) is 0 Å². The second-order valence-electron chi connectivity index (χ2n) is 3.78. The van der Waals surface area contributed by atoms with Gasteiger partial charge in [-0.05, 0) is 6.42 Å². The van der Waals surface area contributed by atoms with Crippen molar-refractivity contribution in [3.8, 4) is 0 Å². The van der Waals surface area contributed by atoms with Crippen molar-refractivity contribution >= 4 is 15.7 Å². The molecule has 0 aromatic carbocycles. The highest BCUT2D eigenvalue weighted by atomic mass is 32.2. The molecule has 0 radical (unpaired) electrons. The molecule has 0 aromatic heterocycles. The molecule has 1 heterocycles. The summed E-state index contributed by atoms with van der Waals surface area (Å²) in [5.74, 6) is -2.81. The Balaban J connectivity index is 2.84. The number of carbonyl (C=O) groups is 1. The van der Waals surface area contributed by atoms with Crippen LogP contribution < -0.4 is 0 Å². The zero-order chi connectivity index (χ0) is 13.3. The standard InChI is InChI=1S/C8H12F3NO4S/c9-8(10,11)7(14)12(2-3-13)6-1-4-17(15,16)5-6/h6,13H,1-5H2. The van der Waals surface area contributed by atoms with Crippen LogP contribution in [0.2, 0.25) is 0 Å². The number of hydrogen-bond donors (Lipinski definition) is 1. The maximum atomic E-state index is 12.2. The summed E-state index contributed by atoms with van der Waals surface area (Å²) in [5.41, 5.74) is 0. The van der Waals surface area contributed by atoms with Crippen LogP contribution in [0.5, 0.6) is 0 Å². The summed E-state index contributed by atoms with van der Waals surface area (Å²) in [6.45, 7) is -1.16. The molecule has 1 fully saturated rings. The lowest BCUT2D eigenvalue weighted by Gasteiger charge is -2.28. The van der Waals surface area contributed by atoms with Gasteiger partial charge in [0, 0.05) is 12.6 Å². The van der Waals surface area contributed by atoms with E-state index in [0.717, 1.165) is 0 Å². The Bertz CT molecular complexity index is 392. The highest BCUT2D eigenvalue weighted by molar-refractivity contribution is 7.91. The van der Waals surface area contributed by atoms with E-state index >= 15 is 0 Å². The molecule has 1 rings (SSSR count). The van der Waals surface area contributed by atoms with Gasteiger partial charge in [-0.15, -0.1) is 0 Å². The lowest BCUT2D eigenvalue weighted by Crippen LogP contribution is -2.48. The molecule has 100 valence electrons. The van der Waals surface area contributed by atoms with Gasteiger partial charge in [0.25, 0.3) is 0 Å². The van der Waals surface area contributed by atoms with Crippen LogP contribution in [-0.4, -0.2) is 61.2 Å². The van der Waals surface area contributed by atoms with Gasteiger partial charge in [0.05, 0.1) is 18.1 Å². The molecule has 1 amide bonds. The largest absolute Gasteiger partial charge is 0.471 e. The highest BCUT2D eigenvalue weighted by Gasteiger charge is 2.46. The fourth-order valence-corrected chi connectivity index (χ4v) is 3.47. The van der Waals surface area contributed by atoms with Crippen LogP contribution in [0.15, 0.2) is 0 Å². The van der Waals surface area contributed by atoms with E-state index in [1.165, 1.54) is 0 Å². The molecule has 9 heteroatoms. The summed E-state index contributed by atoms with van der Waals surface area (Å²) < 4.78 is 59.0. The Hall–Kier alpha value is -0.830. The van der Waals surface area contributed by atoms with Gasteiger partial charge in [-0.3, -0.25) is 4.79 Å². The SMILES string of the molecule is O=C(N(CCO)C1CCS(=O)(=O)C1)C(F)(F)F. The lowest BCUT2D eigenvalue weighted by atomic mass is 10.2. The Morgan fingerprint density at radius 2 is 2.00 bits per heavy atom. The molecule has 1 N–H and O–H groups in total. The monoisotopic (exact) mass is 275 g/mol. The Kier molecular flexibility index (Phi) is 4.03. The third kappa shape index (κ3) is 3.56. The fraction of sp³-hybridized carbons (Fsp3) is 0.875. The number of halogens is 3. The van der Waals surface area contributed by atoms with Crippen molar-refractivity contribution in [3.05, 3.63) is 0 Å². The van der Waals surface area contributed by atoms with Crippen molar-refractivity contribution in [1.82, 2.24) is 4.90 Å². The molecule has 0 bridgehead atoms. The number of hydrogen-bond acceptors (Lipinski definition) is 4. The first-order valence-electron chi connectivity index (χ1n) is 4.86. The first kappa shape index (κ1) is 14.2. The molecule has 1 unspecified atom stereocenters. The molecule has 5 nitrogen and oxygen atoms in total. The highest BCUT2D eigenvalue weighted by Crippen LogP contribution is 2.24. The van der Waals surface area contributed by atoms with E-state index < -0.39 is 46.9 Å². The topological polar surface area (TPSA) is 74.7 Å². The fourth-order valence-electron chi connectivity index (χ4n) is 1.74. The van der Waals surface area contributed by atoms with Crippen molar-refractivity contribution in [2.45, 2.75) is 18.6 Å². The van der Waals surface area contributed by atoms with Gasteiger partial charge in [0.2, 0.25) is 0 Å². The average molecular weight is 275 g/mol. The summed E-state index contributed by atoms with van der Waals surface area (Å²) in [4.78, 5) is 11.4. The molecule has 0 spiro atoms. The smallest absolute Gasteiger partial charge is 0.395 e. The lowest BCUT2D eigenvalue weighted by molar-refractivity contribution is -0.187. The van der Waals surface area contributed by atoms with Crippen LogP contribution in [-0.2, 0) is 14.6 Å². The number of rotatable bonds is 3. The van der Waals surface area contributed by atoms with Crippen molar-refractivity contribution in [2.75, 3.05) is 24.7 Å². The predicted octanol–water partition coefficient (Wildman–Crippen LogP) is -0.443. The number of aliphatic hydroxyl groups is 1. The maximum Gasteiger partial charge on any atom is 0.471 e. The van der Waals surface area contributed by atoms with E-state index in [1.807, 2.05) is 0 Å². The number of amides is 1. The van der Waals surface area contributed by atoms with Gasteiger partial charge < -0.3 is 10.0 Å². The van der Waals surface area contributed by atoms with E-state index in [2.05, 4.69) is 0 Å². The van der Waals surface area contributed by atoms with Crippen molar-refractivity contribution in [2.24, 2.45) is 0 Å². The first-order valence-corrected chi connectivity index (χ1v) is 6.68. The number of nitrogens with zero attached hydrogens (tertiary/aromatic N) is 1. The van der Waals surface area contributed by atoms with Crippen molar-refractivity contribution in [1.29, 1.82) is 0 Å². The zero-order valence-electron chi connectivity index (χ0n) is 8.77. The van der Waals surface area contributed by atoms with Crippen LogP contribution in [0.4, 0.5) is 13.2 Å². The molecule has 17 heavy (non-hydrogen) atoms. The maximum absolute atomic E-state index is 12.2. The Morgan fingerprint density at radius 1 is 1.41 bits per heavy atom. The van der Waals surface area contributed by atoms with Crippen LogP contribution in [0.1, 0.15) is 6.42 Å². The average Bonchev–Trinajstić information content (AvgIpc) is 2.52. The molecule has 1 saturated heterocycles.